The number of pyridine rings is 1. The summed E-state index contributed by atoms with van der Waals surface area (Å²) in [5.74, 6) is 0.709. The Labute approximate surface area is 89.9 Å². The van der Waals surface area contributed by atoms with Crippen molar-refractivity contribution < 1.29 is 4.74 Å². The molecule has 80 valence electrons. The molecule has 15 heavy (non-hydrogen) atoms. The van der Waals surface area contributed by atoms with E-state index >= 15 is 0 Å². The van der Waals surface area contributed by atoms with Gasteiger partial charge < -0.3 is 10.1 Å². The first-order chi connectivity index (χ1) is 7.26. The van der Waals surface area contributed by atoms with E-state index in [4.69, 9.17) is 10.00 Å². The average molecular weight is 205 g/mol. The highest BCUT2D eigenvalue weighted by molar-refractivity contribution is 5.42. The quantitative estimate of drug-likeness (QED) is 0.796. The molecule has 1 N–H and O–H groups in total. The SMILES string of the molecule is CCOC(C)CNc1cc(C#N)ccn1. The molecule has 0 amide bonds. The Morgan fingerprint density at radius 1 is 1.67 bits per heavy atom. The highest BCUT2D eigenvalue weighted by Crippen LogP contribution is 2.05. The van der Waals surface area contributed by atoms with Gasteiger partial charge in [-0.25, -0.2) is 4.98 Å². The topological polar surface area (TPSA) is 57.9 Å². The maximum atomic E-state index is 8.69. The van der Waals surface area contributed by atoms with E-state index in [2.05, 4.69) is 16.4 Å². The number of rotatable bonds is 5. The lowest BCUT2D eigenvalue weighted by Crippen LogP contribution is -2.20. The molecule has 1 rings (SSSR count). The van der Waals surface area contributed by atoms with Crippen LogP contribution in [0.25, 0.3) is 0 Å². The lowest BCUT2D eigenvalue weighted by Gasteiger charge is -2.12. The molecule has 1 aromatic rings. The van der Waals surface area contributed by atoms with Crippen molar-refractivity contribution in [3.05, 3.63) is 23.9 Å². The Hall–Kier alpha value is -1.60. The zero-order chi connectivity index (χ0) is 11.1. The molecule has 0 bridgehead atoms. The number of ether oxygens (including phenoxy) is 1. The molecule has 0 saturated carbocycles. The van der Waals surface area contributed by atoms with Gasteiger partial charge in [0.05, 0.1) is 17.7 Å². The van der Waals surface area contributed by atoms with Crippen LogP contribution < -0.4 is 5.32 Å². The summed E-state index contributed by atoms with van der Waals surface area (Å²) in [6.45, 7) is 5.35. The van der Waals surface area contributed by atoms with Crippen LogP contribution in [-0.2, 0) is 4.74 Å². The number of anilines is 1. The molecule has 1 heterocycles. The van der Waals surface area contributed by atoms with Crippen molar-refractivity contribution in [2.75, 3.05) is 18.5 Å². The van der Waals surface area contributed by atoms with Crippen LogP contribution in [0.15, 0.2) is 18.3 Å². The summed E-state index contributed by atoms with van der Waals surface area (Å²) in [4.78, 5) is 4.10. The van der Waals surface area contributed by atoms with Crippen LogP contribution in [-0.4, -0.2) is 24.2 Å². The molecular formula is C11H15N3O. The van der Waals surface area contributed by atoms with Crippen LogP contribution in [0.4, 0.5) is 5.82 Å². The Bertz CT molecular complexity index is 346. The van der Waals surface area contributed by atoms with Crippen molar-refractivity contribution in [2.24, 2.45) is 0 Å². The van der Waals surface area contributed by atoms with E-state index in [0.29, 0.717) is 24.5 Å². The molecule has 0 saturated heterocycles. The van der Waals surface area contributed by atoms with Crippen molar-refractivity contribution in [1.82, 2.24) is 4.98 Å². The summed E-state index contributed by atoms with van der Waals surface area (Å²) in [6.07, 6.45) is 1.76. The lowest BCUT2D eigenvalue weighted by molar-refractivity contribution is 0.0855. The molecule has 0 spiro atoms. The highest BCUT2D eigenvalue weighted by Gasteiger charge is 2.01. The van der Waals surface area contributed by atoms with Crippen molar-refractivity contribution in [2.45, 2.75) is 20.0 Å². The molecule has 0 aromatic carbocycles. The molecule has 0 radical (unpaired) electrons. The number of nitriles is 1. The maximum absolute atomic E-state index is 8.69. The van der Waals surface area contributed by atoms with Gasteiger partial charge in [0.1, 0.15) is 5.82 Å². The smallest absolute Gasteiger partial charge is 0.127 e. The fourth-order valence-electron chi connectivity index (χ4n) is 1.19. The Morgan fingerprint density at radius 3 is 3.13 bits per heavy atom. The minimum absolute atomic E-state index is 0.141. The molecule has 4 heteroatoms. The van der Waals surface area contributed by atoms with Crippen molar-refractivity contribution in [3.63, 3.8) is 0 Å². The van der Waals surface area contributed by atoms with Gasteiger partial charge in [0.2, 0.25) is 0 Å². The van der Waals surface area contributed by atoms with E-state index in [0.717, 1.165) is 0 Å². The van der Waals surface area contributed by atoms with Gasteiger partial charge in [0.25, 0.3) is 0 Å². The summed E-state index contributed by atoms with van der Waals surface area (Å²) in [5.41, 5.74) is 0.608. The number of hydrogen-bond acceptors (Lipinski definition) is 4. The predicted molar refractivity (Wildman–Crippen MR) is 58.5 cm³/mol. The molecule has 1 unspecified atom stereocenters. The number of hydrogen-bond donors (Lipinski definition) is 1. The van der Waals surface area contributed by atoms with Gasteiger partial charge in [-0.15, -0.1) is 0 Å². The third-order valence-corrected chi connectivity index (χ3v) is 1.91. The van der Waals surface area contributed by atoms with Gasteiger partial charge >= 0.3 is 0 Å². The van der Waals surface area contributed by atoms with E-state index in [1.807, 2.05) is 13.8 Å². The molecule has 0 aliphatic rings. The Kier molecular flexibility index (Phi) is 4.58. The largest absolute Gasteiger partial charge is 0.377 e. The molecule has 0 fully saturated rings. The Balaban J connectivity index is 2.47. The van der Waals surface area contributed by atoms with Crippen LogP contribution in [0.2, 0.25) is 0 Å². The van der Waals surface area contributed by atoms with Crippen LogP contribution in [0, 0.1) is 11.3 Å². The first-order valence-electron chi connectivity index (χ1n) is 4.98. The molecular weight excluding hydrogens is 190 g/mol. The summed E-state index contributed by atoms with van der Waals surface area (Å²) in [5, 5.41) is 11.8. The van der Waals surface area contributed by atoms with E-state index in [-0.39, 0.29) is 6.10 Å². The molecule has 4 nitrogen and oxygen atoms in total. The van der Waals surface area contributed by atoms with Gasteiger partial charge in [-0.3, -0.25) is 0 Å². The average Bonchev–Trinajstić information content (AvgIpc) is 2.27. The highest BCUT2D eigenvalue weighted by atomic mass is 16.5. The molecule has 0 aliphatic carbocycles. The number of nitrogens with zero attached hydrogens (tertiary/aromatic N) is 2. The molecule has 1 aromatic heterocycles. The summed E-state index contributed by atoms with van der Waals surface area (Å²) in [6, 6.07) is 5.47. The normalized spacial score (nSPS) is 11.8. The van der Waals surface area contributed by atoms with Gasteiger partial charge in [-0.1, -0.05) is 0 Å². The minimum Gasteiger partial charge on any atom is -0.377 e. The second-order valence-electron chi connectivity index (χ2n) is 3.19. The second-order valence-corrected chi connectivity index (χ2v) is 3.19. The van der Waals surface area contributed by atoms with Crippen LogP contribution in [0.3, 0.4) is 0 Å². The summed E-state index contributed by atoms with van der Waals surface area (Å²) in [7, 11) is 0. The molecule has 0 aliphatic heterocycles. The fourth-order valence-corrected chi connectivity index (χ4v) is 1.19. The third kappa shape index (κ3) is 3.96. The van der Waals surface area contributed by atoms with Gasteiger partial charge in [-0.05, 0) is 26.0 Å². The zero-order valence-electron chi connectivity index (χ0n) is 9.03. The fraction of sp³-hybridized carbons (Fsp3) is 0.455. The van der Waals surface area contributed by atoms with Gasteiger partial charge in [0.15, 0.2) is 0 Å². The van der Waals surface area contributed by atoms with Crippen molar-refractivity contribution in [3.8, 4) is 6.07 Å². The zero-order valence-corrected chi connectivity index (χ0v) is 9.03. The van der Waals surface area contributed by atoms with E-state index in [1.165, 1.54) is 0 Å². The molecule has 1 atom stereocenters. The predicted octanol–water partition coefficient (Wildman–Crippen LogP) is 1.79. The maximum Gasteiger partial charge on any atom is 0.127 e. The van der Waals surface area contributed by atoms with Gasteiger partial charge in [-0.2, -0.15) is 5.26 Å². The van der Waals surface area contributed by atoms with Crippen LogP contribution >= 0.6 is 0 Å². The summed E-state index contributed by atoms with van der Waals surface area (Å²) < 4.78 is 5.36. The second kappa shape index (κ2) is 5.99. The van der Waals surface area contributed by atoms with E-state index in [1.54, 1.807) is 18.3 Å². The van der Waals surface area contributed by atoms with Crippen molar-refractivity contribution in [1.29, 1.82) is 5.26 Å². The van der Waals surface area contributed by atoms with Gasteiger partial charge in [0, 0.05) is 19.3 Å². The minimum atomic E-state index is 0.141. The van der Waals surface area contributed by atoms with E-state index < -0.39 is 0 Å². The lowest BCUT2D eigenvalue weighted by atomic mass is 10.3. The van der Waals surface area contributed by atoms with Crippen LogP contribution in [0.1, 0.15) is 19.4 Å². The number of nitrogens with one attached hydrogen (secondary N) is 1. The summed E-state index contributed by atoms with van der Waals surface area (Å²) >= 11 is 0. The van der Waals surface area contributed by atoms with Crippen molar-refractivity contribution >= 4 is 5.82 Å². The number of aromatic nitrogens is 1. The van der Waals surface area contributed by atoms with E-state index in [9.17, 15) is 0 Å². The monoisotopic (exact) mass is 205 g/mol. The van der Waals surface area contributed by atoms with Crippen LogP contribution in [0.5, 0.6) is 0 Å². The first-order valence-corrected chi connectivity index (χ1v) is 4.98. The third-order valence-electron chi connectivity index (χ3n) is 1.91. The standard InChI is InChI=1S/C11H15N3O/c1-3-15-9(2)8-14-11-6-10(7-12)4-5-13-11/h4-6,9H,3,8H2,1-2H3,(H,13,14). The Morgan fingerprint density at radius 2 is 2.47 bits per heavy atom. The first kappa shape index (κ1) is 11.5.